The van der Waals surface area contributed by atoms with Gasteiger partial charge in [0.15, 0.2) is 5.41 Å². The Bertz CT molecular complexity index is 589. The maximum absolute atomic E-state index is 12.9. The maximum atomic E-state index is 12.9. The second kappa shape index (κ2) is 7.20. The van der Waals surface area contributed by atoms with Gasteiger partial charge in [0.05, 0.1) is 13.2 Å². The van der Waals surface area contributed by atoms with E-state index in [0.29, 0.717) is 12.8 Å². The molecule has 0 unspecified atom stereocenters. The van der Waals surface area contributed by atoms with Gasteiger partial charge in [-0.25, -0.2) is 0 Å². The van der Waals surface area contributed by atoms with Crippen molar-refractivity contribution in [2.45, 2.75) is 39.5 Å². The van der Waals surface area contributed by atoms with Gasteiger partial charge in [0.1, 0.15) is 0 Å². The van der Waals surface area contributed by atoms with Gasteiger partial charge in [-0.1, -0.05) is 43.3 Å². The highest BCUT2D eigenvalue weighted by atomic mass is 16.6. The Kier molecular flexibility index (Phi) is 5.47. The molecule has 0 bridgehead atoms. The molecule has 0 aromatic heterocycles. The van der Waals surface area contributed by atoms with E-state index >= 15 is 0 Å². The molecule has 1 aromatic rings. The van der Waals surface area contributed by atoms with Crippen LogP contribution < -0.4 is 0 Å². The summed E-state index contributed by atoms with van der Waals surface area (Å²) in [6.07, 6.45) is 2.74. The molecule has 24 heavy (non-hydrogen) atoms. The average Bonchev–Trinajstić information content (AvgIpc) is 2.91. The first kappa shape index (κ1) is 18.2. The van der Waals surface area contributed by atoms with Crippen LogP contribution in [0.2, 0.25) is 0 Å². The Morgan fingerprint density at radius 3 is 2.12 bits per heavy atom. The minimum atomic E-state index is -1.35. The van der Waals surface area contributed by atoms with E-state index in [9.17, 15) is 9.59 Å². The first-order valence-electron chi connectivity index (χ1n) is 8.48. The Labute approximate surface area is 143 Å². The van der Waals surface area contributed by atoms with Crippen LogP contribution in [0.3, 0.4) is 0 Å². The molecule has 130 valence electrons. The average molecular weight is 330 g/mol. The second-order valence-electron chi connectivity index (χ2n) is 6.48. The lowest BCUT2D eigenvalue weighted by Crippen LogP contribution is -2.49. The monoisotopic (exact) mass is 330 g/mol. The highest BCUT2D eigenvalue weighted by Gasteiger charge is 2.65. The van der Waals surface area contributed by atoms with Gasteiger partial charge in [0.2, 0.25) is 0 Å². The predicted octanol–water partition coefficient (Wildman–Crippen LogP) is 3.87. The number of carbonyl (C=O) groups is 2. The molecule has 0 saturated heterocycles. The number of carbonyl (C=O) groups excluding carboxylic acids is 2. The zero-order valence-electron chi connectivity index (χ0n) is 14.7. The lowest BCUT2D eigenvalue weighted by atomic mass is 9.66. The fourth-order valence-corrected chi connectivity index (χ4v) is 3.80. The summed E-state index contributed by atoms with van der Waals surface area (Å²) >= 11 is 0. The smallest absolute Gasteiger partial charge is 0.324 e. The Morgan fingerprint density at radius 2 is 1.67 bits per heavy atom. The van der Waals surface area contributed by atoms with Crippen molar-refractivity contribution in [2.24, 2.45) is 10.8 Å². The van der Waals surface area contributed by atoms with Gasteiger partial charge < -0.3 is 9.47 Å². The number of allylic oxidation sites excluding steroid dienone is 1. The number of hydrogen-bond donors (Lipinski definition) is 0. The fourth-order valence-electron chi connectivity index (χ4n) is 3.80. The van der Waals surface area contributed by atoms with Crippen molar-refractivity contribution in [3.8, 4) is 0 Å². The summed E-state index contributed by atoms with van der Waals surface area (Å²) in [5.74, 6) is -0.948. The fraction of sp³-hybridized carbons (Fsp3) is 0.500. The van der Waals surface area contributed by atoms with Crippen LogP contribution >= 0.6 is 0 Å². The van der Waals surface area contributed by atoms with Gasteiger partial charge in [0, 0.05) is 5.41 Å². The summed E-state index contributed by atoms with van der Waals surface area (Å²) in [5.41, 5.74) is -0.950. The lowest BCUT2D eigenvalue weighted by Gasteiger charge is -2.37. The number of hydrogen-bond acceptors (Lipinski definition) is 4. The van der Waals surface area contributed by atoms with E-state index in [1.807, 2.05) is 37.3 Å². The highest BCUT2D eigenvalue weighted by molar-refractivity contribution is 6.02. The zero-order valence-corrected chi connectivity index (χ0v) is 14.7. The van der Waals surface area contributed by atoms with Crippen molar-refractivity contribution in [2.75, 3.05) is 13.2 Å². The second-order valence-corrected chi connectivity index (χ2v) is 6.48. The largest absolute Gasteiger partial charge is 0.465 e. The molecule has 0 aliphatic heterocycles. The number of ether oxygens (including phenoxy) is 2. The van der Waals surface area contributed by atoms with Crippen molar-refractivity contribution < 1.29 is 19.1 Å². The zero-order chi connectivity index (χ0) is 17.8. The van der Waals surface area contributed by atoms with Crippen LogP contribution in [0, 0.1) is 10.8 Å². The third-order valence-electron chi connectivity index (χ3n) is 5.17. The molecule has 1 aliphatic carbocycles. The van der Waals surface area contributed by atoms with Gasteiger partial charge in [-0.15, -0.1) is 6.58 Å². The van der Waals surface area contributed by atoms with Crippen molar-refractivity contribution in [1.82, 2.24) is 0 Å². The van der Waals surface area contributed by atoms with Crippen LogP contribution in [-0.2, 0) is 19.1 Å². The van der Waals surface area contributed by atoms with Crippen molar-refractivity contribution in [1.29, 1.82) is 0 Å². The van der Waals surface area contributed by atoms with Gasteiger partial charge in [-0.2, -0.15) is 0 Å². The van der Waals surface area contributed by atoms with Crippen molar-refractivity contribution in [3.63, 3.8) is 0 Å². The number of esters is 2. The summed E-state index contributed by atoms with van der Waals surface area (Å²) in [5, 5.41) is 0. The third kappa shape index (κ3) is 2.85. The molecule has 1 aliphatic rings. The quantitative estimate of drug-likeness (QED) is 0.451. The summed E-state index contributed by atoms with van der Waals surface area (Å²) in [6.45, 7) is 9.74. The summed E-state index contributed by atoms with van der Waals surface area (Å²) < 4.78 is 10.6. The minimum Gasteiger partial charge on any atom is -0.465 e. The Balaban J connectivity index is 2.51. The molecule has 4 nitrogen and oxygen atoms in total. The Hall–Kier alpha value is -2.10. The Morgan fingerprint density at radius 1 is 1.12 bits per heavy atom. The molecule has 1 aromatic carbocycles. The molecule has 2 rings (SSSR count). The molecule has 2 atom stereocenters. The summed E-state index contributed by atoms with van der Waals surface area (Å²) in [4.78, 5) is 25.7. The van der Waals surface area contributed by atoms with Crippen molar-refractivity contribution >= 4 is 11.9 Å². The van der Waals surface area contributed by atoms with Crippen LogP contribution in [0.4, 0.5) is 0 Å². The van der Waals surface area contributed by atoms with Gasteiger partial charge in [-0.3, -0.25) is 9.59 Å². The lowest BCUT2D eigenvalue weighted by molar-refractivity contribution is -0.178. The summed E-state index contributed by atoms with van der Waals surface area (Å²) in [7, 11) is 0. The van der Waals surface area contributed by atoms with E-state index in [0.717, 1.165) is 5.56 Å². The first-order chi connectivity index (χ1) is 11.4. The van der Waals surface area contributed by atoms with Crippen LogP contribution in [0.5, 0.6) is 0 Å². The first-order valence-corrected chi connectivity index (χ1v) is 8.48. The molecule has 0 heterocycles. The third-order valence-corrected chi connectivity index (χ3v) is 5.17. The van der Waals surface area contributed by atoms with E-state index in [-0.39, 0.29) is 19.1 Å². The van der Waals surface area contributed by atoms with E-state index < -0.39 is 22.8 Å². The van der Waals surface area contributed by atoms with Crippen LogP contribution in [0.1, 0.15) is 45.1 Å². The molecule has 0 amide bonds. The number of rotatable bonds is 6. The van der Waals surface area contributed by atoms with E-state index in [4.69, 9.17) is 9.47 Å². The minimum absolute atomic E-state index is 0.0722. The molecule has 0 radical (unpaired) electrons. The molecule has 1 fully saturated rings. The van der Waals surface area contributed by atoms with Crippen molar-refractivity contribution in [3.05, 3.63) is 48.6 Å². The molecule has 4 heteroatoms. The van der Waals surface area contributed by atoms with E-state index in [2.05, 4.69) is 6.58 Å². The normalized spacial score (nSPS) is 25.0. The van der Waals surface area contributed by atoms with Gasteiger partial charge in [0.25, 0.3) is 0 Å². The standard InChI is InChI=1S/C20H26O4/c1-5-19(4)13-16(15-11-9-8-10-12-15)14-20(19,17(21)23-6-2)18(22)24-7-3/h5,8-12,16H,1,6-7,13-14H2,2-4H3/t16-,19+/m0/s1. The highest BCUT2D eigenvalue weighted by Crippen LogP contribution is 2.60. The molecule has 0 N–H and O–H groups in total. The van der Waals surface area contributed by atoms with E-state index in [1.54, 1.807) is 19.9 Å². The van der Waals surface area contributed by atoms with E-state index in [1.165, 1.54) is 0 Å². The molecule has 0 spiro atoms. The van der Waals surface area contributed by atoms with Gasteiger partial charge in [-0.05, 0) is 38.2 Å². The van der Waals surface area contributed by atoms with Gasteiger partial charge >= 0.3 is 11.9 Å². The number of benzene rings is 1. The van der Waals surface area contributed by atoms with Crippen LogP contribution in [-0.4, -0.2) is 25.2 Å². The topological polar surface area (TPSA) is 52.6 Å². The predicted molar refractivity (Wildman–Crippen MR) is 92.4 cm³/mol. The van der Waals surface area contributed by atoms with Crippen LogP contribution in [0.25, 0.3) is 0 Å². The molecular formula is C20H26O4. The SMILES string of the molecule is C=C[C@]1(C)C[C@H](c2ccccc2)CC1(C(=O)OCC)C(=O)OCC. The molecule has 1 saturated carbocycles. The summed E-state index contributed by atoms with van der Waals surface area (Å²) in [6, 6.07) is 9.95. The molecular weight excluding hydrogens is 304 g/mol. The van der Waals surface area contributed by atoms with Crippen LogP contribution in [0.15, 0.2) is 43.0 Å². The maximum Gasteiger partial charge on any atom is 0.324 e.